The molecule has 0 aromatic heterocycles. The van der Waals surface area contributed by atoms with Crippen molar-refractivity contribution in [3.05, 3.63) is 53.6 Å². The molecule has 0 saturated heterocycles. The summed E-state index contributed by atoms with van der Waals surface area (Å²) >= 11 is 0. The number of aliphatic carboxylic acids is 1. The summed E-state index contributed by atoms with van der Waals surface area (Å²) in [6, 6.07) is 10.1. The smallest absolute Gasteiger partial charge is 0.268 e. The van der Waals surface area contributed by atoms with E-state index in [0.29, 0.717) is 24.2 Å². The molecule has 0 bridgehead atoms. The van der Waals surface area contributed by atoms with Crippen LogP contribution in [0.25, 0.3) is 6.08 Å². The lowest BCUT2D eigenvalue weighted by atomic mass is 10.2. The molecule has 0 N–H and O–H groups in total. The Balaban J connectivity index is 2.17. The largest absolute Gasteiger partial charge is 0.545 e. The van der Waals surface area contributed by atoms with Crippen LogP contribution in [-0.4, -0.2) is 35.2 Å². The van der Waals surface area contributed by atoms with E-state index >= 15 is 0 Å². The number of nitrogens with zero attached hydrogens (tertiary/aromatic N) is 1. The number of anilines is 1. The Kier molecular flexibility index (Phi) is 5.09. The van der Waals surface area contributed by atoms with Gasteiger partial charge in [0.25, 0.3) is 10.0 Å². The monoisotopic (exact) mass is 388 g/mol. The van der Waals surface area contributed by atoms with Crippen LogP contribution in [0.1, 0.15) is 11.1 Å². The van der Waals surface area contributed by atoms with Crippen LogP contribution in [0.15, 0.2) is 47.4 Å². The van der Waals surface area contributed by atoms with Gasteiger partial charge >= 0.3 is 0 Å². The molecule has 0 saturated carbocycles. The summed E-state index contributed by atoms with van der Waals surface area (Å²) in [7, 11) is -1.22. The molecular formula is C19H18NO6S-. The molecule has 7 nitrogen and oxygen atoms in total. The van der Waals surface area contributed by atoms with Crippen molar-refractivity contribution in [3.8, 4) is 11.5 Å². The van der Waals surface area contributed by atoms with E-state index in [4.69, 9.17) is 9.47 Å². The summed E-state index contributed by atoms with van der Waals surface area (Å²) in [5.41, 5.74) is 1.90. The third-order valence-corrected chi connectivity index (χ3v) is 6.11. The summed E-state index contributed by atoms with van der Waals surface area (Å²) in [5.74, 6) is -1.14. The maximum Gasteiger partial charge on any atom is 0.268 e. The highest BCUT2D eigenvalue weighted by molar-refractivity contribution is 7.93. The minimum Gasteiger partial charge on any atom is -0.545 e. The zero-order valence-electron chi connectivity index (χ0n) is 14.8. The van der Waals surface area contributed by atoms with E-state index in [2.05, 4.69) is 0 Å². The average molecular weight is 388 g/mol. The number of fused-ring (bicyclic) bond motifs is 1. The first-order chi connectivity index (χ1) is 12.9. The highest BCUT2D eigenvalue weighted by Crippen LogP contribution is 2.40. The number of hydrogen-bond acceptors (Lipinski definition) is 6. The van der Waals surface area contributed by atoms with Crippen molar-refractivity contribution in [2.75, 3.05) is 25.1 Å². The predicted octanol–water partition coefficient (Wildman–Crippen LogP) is 1.22. The van der Waals surface area contributed by atoms with Crippen LogP contribution in [0.4, 0.5) is 5.69 Å². The van der Waals surface area contributed by atoms with Crippen molar-refractivity contribution in [3.63, 3.8) is 0 Å². The molecule has 3 rings (SSSR count). The van der Waals surface area contributed by atoms with Gasteiger partial charge in [0, 0.05) is 6.54 Å². The van der Waals surface area contributed by atoms with Crippen molar-refractivity contribution >= 4 is 27.8 Å². The van der Waals surface area contributed by atoms with Crippen molar-refractivity contribution in [2.24, 2.45) is 0 Å². The quantitative estimate of drug-likeness (QED) is 0.691. The minimum atomic E-state index is -3.96. The van der Waals surface area contributed by atoms with Gasteiger partial charge in [0.15, 0.2) is 11.5 Å². The summed E-state index contributed by atoms with van der Waals surface area (Å²) < 4.78 is 38.6. The number of carbonyl (C=O) groups excluding carboxylic acids is 1. The van der Waals surface area contributed by atoms with Gasteiger partial charge in [-0.3, -0.25) is 4.31 Å². The highest BCUT2D eigenvalue weighted by Gasteiger charge is 2.34. The van der Waals surface area contributed by atoms with E-state index in [1.807, 2.05) is 12.1 Å². The van der Waals surface area contributed by atoms with Crippen LogP contribution in [0, 0.1) is 0 Å². The van der Waals surface area contributed by atoms with E-state index in [-0.39, 0.29) is 16.4 Å². The van der Waals surface area contributed by atoms with Gasteiger partial charge in [-0.25, -0.2) is 8.42 Å². The topological polar surface area (TPSA) is 96.0 Å². The second-order valence-corrected chi connectivity index (χ2v) is 7.69. The lowest BCUT2D eigenvalue weighted by molar-refractivity contribution is -0.297. The normalized spacial score (nSPS) is 13.6. The fourth-order valence-electron chi connectivity index (χ4n) is 3.08. The number of carbonyl (C=O) groups is 1. The molecule has 142 valence electrons. The number of benzene rings is 2. The standard InChI is InChI=1S/C19H19NO6S/c1-25-16-11-13(7-8-18(21)22)12-17(19(16)26-2)27(23,24)20-10-9-14-5-3-4-6-15(14)20/h3-8,11-12H,9-10H2,1-2H3,(H,21,22)/p-1/b8-7+. The van der Waals surface area contributed by atoms with E-state index in [0.717, 1.165) is 11.6 Å². The number of carboxylic acids is 1. The van der Waals surface area contributed by atoms with Crippen molar-refractivity contribution in [1.82, 2.24) is 0 Å². The molecule has 0 aliphatic carbocycles. The molecule has 8 heteroatoms. The fraction of sp³-hybridized carbons (Fsp3) is 0.211. The molecule has 1 aliphatic heterocycles. The highest BCUT2D eigenvalue weighted by atomic mass is 32.2. The van der Waals surface area contributed by atoms with Crippen LogP contribution in [-0.2, 0) is 21.2 Å². The lowest BCUT2D eigenvalue weighted by Crippen LogP contribution is -2.29. The number of methoxy groups -OCH3 is 2. The molecule has 1 heterocycles. The Bertz CT molecular complexity index is 1010. The van der Waals surface area contributed by atoms with Gasteiger partial charge in [-0.05, 0) is 41.8 Å². The first-order valence-corrected chi connectivity index (χ1v) is 9.58. The van der Waals surface area contributed by atoms with Crippen LogP contribution in [0.2, 0.25) is 0 Å². The maximum atomic E-state index is 13.4. The van der Waals surface area contributed by atoms with Crippen LogP contribution >= 0.6 is 0 Å². The van der Waals surface area contributed by atoms with Crippen LogP contribution in [0.3, 0.4) is 0 Å². The fourth-order valence-corrected chi connectivity index (χ4v) is 4.79. The predicted molar refractivity (Wildman–Crippen MR) is 98.3 cm³/mol. The molecule has 0 atom stereocenters. The average Bonchev–Trinajstić information content (AvgIpc) is 3.10. The number of ether oxygens (including phenoxy) is 2. The van der Waals surface area contributed by atoms with Crippen LogP contribution in [0.5, 0.6) is 11.5 Å². The molecule has 0 unspecified atom stereocenters. The summed E-state index contributed by atoms with van der Waals surface area (Å²) in [6.45, 7) is 0.312. The minimum absolute atomic E-state index is 0.0625. The van der Waals surface area contributed by atoms with E-state index in [1.54, 1.807) is 12.1 Å². The van der Waals surface area contributed by atoms with Gasteiger partial charge in [0.05, 0.1) is 25.9 Å². The Morgan fingerprint density at radius 1 is 1.19 bits per heavy atom. The molecule has 0 amide bonds. The van der Waals surface area contributed by atoms with Gasteiger partial charge in [-0.1, -0.05) is 24.3 Å². The Morgan fingerprint density at radius 2 is 1.93 bits per heavy atom. The Morgan fingerprint density at radius 3 is 2.59 bits per heavy atom. The van der Waals surface area contributed by atoms with E-state index < -0.39 is 16.0 Å². The van der Waals surface area contributed by atoms with Gasteiger partial charge in [0.1, 0.15) is 4.90 Å². The molecule has 0 fully saturated rings. The van der Waals surface area contributed by atoms with Crippen molar-refractivity contribution < 1.29 is 27.8 Å². The second kappa shape index (κ2) is 7.32. The lowest BCUT2D eigenvalue weighted by Gasteiger charge is -2.22. The SMILES string of the molecule is COc1cc(/C=C/C(=O)[O-])cc(S(=O)(=O)N2CCc3ccccc32)c1OC. The first kappa shape index (κ1) is 18.8. The molecule has 2 aromatic carbocycles. The number of sulfonamides is 1. The third-order valence-electron chi connectivity index (χ3n) is 4.29. The summed E-state index contributed by atoms with van der Waals surface area (Å²) in [4.78, 5) is 10.6. The van der Waals surface area contributed by atoms with Gasteiger partial charge < -0.3 is 19.4 Å². The molecule has 0 radical (unpaired) electrons. The van der Waals surface area contributed by atoms with E-state index in [1.165, 1.54) is 36.7 Å². The van der Waals surface area contributed by atoms with Crippen LogP contribution < -0.4 is 18.9 Å². The van der Waals surface area contributed by atoms with Crippen molar-refractivity contribution in [1.29, 1.82) is 0 Å². The summed E-state index contributed by atoms with van der Waals surface area (Å²) in [6.07, 6.45) is 2.68. The number of hydrogen-bond donors (Lipinski definition) is 0. The van der Waals surface area contributed by atoms with Crippen molar-refractivity contribution in [2.45, 2.75) is 11.3 Å². The maximum absolute atomic E-state index is 13.4. The zero-order valence-corrected chi connectivity index (χ0v) is 15.7. The molecular weight excluding hydrogens is 370 g/mol. The molecule has 2 aromatic rings. The third kappa shape index (κ3) is 3.48. The number of carboxylic acid groups (broad SMARTS) is 1. The number of para-hydroxylation sites is 1. The Labute approximate surface area is 157 Å². The second-order valence-electron chi connectivity index (χ2n) is 5.86. The molecule has 1 aliphatic rings. The molecule has 27 heavy (non-hydrogen) atoms. The van der Waals surface area contributed by atoms with Gasteiger partial charge in [-0.15, -0.1) is 0 Å². The first-order valence-electron chi connectivity index (χ1n) is 8.14. The van der Waals surface area contributed by atoms with Gasteiger partial charge in [-0.2, -0.15) is 0 Å². The zero-order chi connectivity index (χ0) is 19.6. The number of rotatable bonds is 6. The molecule has 0 spiro atoms. The Hall–Kier alpha value is -3.00. The van der Waals surface area contributed by atoms with E-state index in [9.17, 15) is 18.3 Å². The van der Waals surface area contributed by atoms with Gasteiger partial charge in [0.2, 0.25) is 0 Å². The summed E-state index contributed by atoms with van der Waals surface area (Å²) in [5, 5.41) is 10.7.